The third-order valence-corrected chi connectivity index (χ3v) is 5.61. The minimum Gasteiger partial charge on any atom is -0.478 e. The second kappa shape index (κ2) is 10.0. The van der Waals surface area contributed by atoms with Gasteiger partial charge < -0.3 is 20.8 Å². The Balaban J connectivity index is 0.000000293. The number of aliphatic carboxylic acids is 2. The van der Waals surface area contributed by atoms with Crippen LogP contribution in [0.4, 0.5) is 11.5 Å². The van der Waals surface area contributed by atoms with Gasteiger partial charge in [-0.2, -0.15) is 0 Å². The zero-order valence-electron chi connectivity index (χ0n) is 17.4. The third-order valence-electron chi connectivity index (χ3n) is 5.61. The molecule has 2 aliphatic rings. The van der Waals surface area contributed by atoms with E-state index in [1.54, 1.807) is 0 Å². The fourth-order valence-corrected chi connectivity index (χ4v) is 3.99. The van der Waals surface area contributed by atoms with Gasteiger partial charge in [-0.05, 0) is 44.2 Å². The minimum atomic E-state index is -1.26. The van der Waals surface area contributed by atoms with Gasteiger partial charge in [0, 0.05) is 48.6 Å². The number of nitrogen functional groups attached to an aromatic ring is 1. The highest BCUT2D eigenvalue weighted by Crippen LogP contribution is 2.29. The van der Waals surface area contributed by atoms with Crippen molar-refractivity contribution in [3.8, 4) is 11.3 Å². The lowest BCUT2D eigenvalue weighted by Gasteiger charge is -2.48. The number of aromatic nitrogens is 2. The molecule has 0 radical (unpaired) electrons. The highest BCUT2D eigenvalue weighted by Gasteiger charge is 2.35. The molecule has 1 aromatic carbocycles. The molecule has 2 aliphatic heterocycles. The van der Waals surface area contributed by atoms with Crippen molar-refractivity contribution in [2.75, 3.05) is 30.8 Å². The number of hydrogen-bond donors (Lipinski definition) is 3. The number of carboxylic acid groups (broad SMARTS) is 2. The summed E-state index contributed by atoms with van der Waals surface area (Å²) >= 11 is 0. The van der Waals surface area contributed by atoms with Gasteiger partial charge >= 0.3 is 11.9 Å². The van der Waals surface area contributed by atoms with E-state index < -0.39 is 11.9 Å². The summed E-state index contributed by atoms with van der Waals surface area (Å²) < 4.78 is 0. The highest BCUT2D eigenvalue weighted by molar-refractivity contribution is 5.89. The van der Waals surface area contributed by atoms with Gasteiger partial charge in [0.25, 0.3) is 0 Å². The largest absolute Gasteiger partial charge is 0.478 e. The molecule has 4 rings (SSSR count). The first-order valence-electron chi connectivity index (χ1n) is 10.1. The van der Waals surface area contributed by atoms with Crippen LogP contribution in [-0.4, -0.2) is 69.5 Å². The van der Waals surface area contributed by atoms with Crippen LogP contribution in [0.15, 0.2) is 48.6 Å². The zero-order chi connectivity index (χ0) is 22.4. The molecule has 2 fully saturated rings. The number of piperidine rings is 1. The van der Waals surface area contributed by atoms with Crippen molar-refractivity contribution in [1.82, 2.24) is 15.1 Å². The first-order valence-corrected chi connectivity index (χ1v) is 10.1. The molecule has 31 heavy (non-hydrogen) atoms. The Morgan fingerprint density at radius 3 is 2.19 bits per heavy atom. The Hall–Kier alpha value is -3.46. The Morgan fingerprint density at radius 1 is 1.03 bits per heavy atom. The van der Waals surface area contributed by atoms with Crippen LogP contribution in [0.5, 0.6) is 0 Å². The van der Waals surface area contributed by atoms with E-state index in [9.17, 15) is 9.59 Å². The van der Waals surface area contributed by atoms with E-state index in [1.165, 1.54) is 19.3 Å². The molecule has 0 saturated carbocycles. The van der Waals surface area contributed by atoms with Gasteiger partial charge in [-0.25, -0.2) is 9.59 Å². The third kappa shape index (κ3) is 6.02. The molecule has 0 aliphatic carbocycles. The predicted octanol–water partition coefficient (Wildman–Crippen LogP) is 2.11. The van der Waals surface area contributed by atoms with Gasteiger partial charge in [0.2, 0.25) is 0 Å². The van der Waals surface area contributed by atoms with Crippen molar-refractivity contribution < 1.29 is 19.8 Å². The predicted molar refractivity (Wildman–Crippen MR) is 118 cm³/mol. The average molecular weight is 425 g/mol. The monoisotopic (exact) mass is 425 g/mol. The van der Waals surface area contributed by atoms with E-state index in [0.717, 1.165) is 35.9 Å². The molecule has 3 heterocycles. The van der Waals surface area contributed by atoms with E-state index in [4.69, 9.17) is 15.9 Å². The maximum absolute atomic E-state index is 9.55. The molecule has 2 unspecified atom stereocenters. The molecule has 9 nitrogen and oxygen atoms in total. The van der Waals surface area contributed by atoms with E-state index in [-0.39, 0.29) is 0 Å². The lowest BCUT2D eigenvalue weighted by Crippen LogP contribution is -2.59. The van der Waals surface area contributed by atoms with Crippen molar-refractivity contribution in [3.05, 3.63) is 48.6 Å². The van der Waals surface area contributed by atoms with Crippen LogP contribution in [-0.2, 0) is 9.59 Å². The quantitative estimate of drug-likeness (QED) is 0.497. The molecule has 2 saturated heterocycles. The number of nitrogens with two attached hydrogens (primary N) is 1. The molecule has 4 N–H and O–H groups in total. The van der Waals surface area contributed by atoms with Crippen molar-refractivity contribution in [1.29, 1.82) is 0 Å². The molecular formula is C22H27N5O4. The SMILES string of the molecule is CN1C2CCCC1CN(c1ccc(-c3cccc(N)c3)nn1)C2.O=C(O)/C=C/C(=O)O. The lowest BCUT2D eigenvalue weighted by atomic mass is 9.92. The summed E-state index contributed by atoms with van der Waals surface area (Å²) in [6.07, 6.45) is 5.05. The van der Waals surface area contributed by atoms with Crippen LogP contribution in [0.1, 0.15) is 19.3 Å². The number of carbonyl (C=O) groups is 2. The Morgan fingerprint density at radius 2 is 1.68 bits per heavy atom. The fraction of sp³-hybridized carbons (Fsp3) is 0.364. The maximum atomic E-state index is 9.55. The molecule has 2 bridgehead atoms. The smallest absolute Gasteiger partial charge is 0.328 e. The molecule has 0 amide bonds. The first kappa shape index (κ1) is 22.2. The van der Waals surface area contributed by atoms with Crippen LogP contribution in [0, 0.1) is 0 Å². The van der Waals surface area contributed by atoms with Crippen molar-refractivity contribution in [2.24, 2.45) is 0 Å². The summed E-state index contributed by atoms with van der Waals surface area (Å²) in [7, 11) is 2.26. The standard InChI is InChI=1S/C18H23N5.C4H4O4/c1-22-15-6-3-7-16(22)12-23(11-15)18-9-8-17(20-21-18)13-4-2-5-14(19)10-13;5-3(6)1-2-4(7)8/h2,4-5,8-10,15-16H,3,6-7,11-12,19H2,1H3;1-2H,(H,5,6)(H,7,8)/b;2-1+. The number of likely N-dealkylation sites (N-methyl/N-ethyl adjacent to an activating group) is 1. The molecule has 0 spiro atoms. The Bertz CT molecular complexity index is 917. The maximum Gasteiger partial charge on any atom is 0.328 e. The number of anilines is 2. The van der Waals surface area contributed by atoms with Crippen LogP contribution in [0.3, 0.4) is 0 Å². The summed E-state index contributed by atoms with van der Waals surface area (Å²) in [4.78, 5) is 24.1. The number of hydrogen-bond acceptors (Lipinski definition) is 7. The topological polar surface area (TPSA) is 133 Å². The Labute approximate surface area is 180 Å². The molecule has 164 valence electrons. The average Bonchev–Trinajstić information content (AvgIpc) is 2.73. The van der Waals surface area contributed by atoms with E-state index in [0.29, 0.717) is 24.2 Å². The second-order valence-corrected chi connectivity index (χ2v) is 7.72. The van der Waals surface area contributed by atoms with Gasteiger partial charge in [0.15, 0.2) is 5.82 Å². The zero-order valence-corrected chi connectivity index (χ0v) is 17.4. The molecular weight excluding hydrogens is 398 g/mol. The first-order chi connectivity index (χ1) is 14.8. The van der Waals surface area contributed by atoms with Crippen molar-refractivity contribution in [3.63, 3.8) is 0 Å². The Kier molecular flexibility index (Phi) is 7.19. The number of fused-ring (bicyclic) bond motifs is 2. The molecule has 9 heteroatoms. The number of benzene rings is 1. The van der Waals surface area contributed by atoms with Crippen LogP contribution < -0.4 is 10.6 Å². The van der Waals surface area contributed by atoms with E-state index in [1.807, 2.05) is 30.3 Å². The lowest BCUT2D eigenvalue weighted by molar-refractivity contribution is -0.134. The molecule has 2 atom stereocenters. The van der Waals surface area contributed by atoms with Gasteiger partial charge in [0.1, 0.15) is 0 Å². The van der Waals surface area contributed by atoms with Crippen LogP contribution >= 0.6 is 0 Å². The summed E-state index contributed by atoms with van der Waals surface area (Å²) in [6, 6.07) is 13.2. The van der Waals surface area contributed by atoms with Crippen LogP contribution in [0.25, 0.3) is 11.3 Å². The van der Waals surface area contributed by atoms with E-state index >= 15 is 0 Å². The summed E-state index contributed by atoms with van der Waals surface area (Å²) in [5, 5.41) is 24.5. The number of carboxylic acids is 2. The molecule has 2 aromatic rings. The summed E-state index contributed by atoms with van der Waals surface area (Å²) in [5.74, 6) is -1.53. The van der Waals surface area contributed by atoms with Gasteiger partial charge in [-0.3, -0.25) is 4.90 Å². The van der Waals surface area contributed by atoms with Gasteiger partial charge in [-0.1, -0.05) is 18.6 Å². The number of nitrogens with zero attached hydrogens (tertiary/aromatic N) is 4. The second-order valence-electron chi connectivity index (χ2n) is 7.72. The number of rotatable bonds is 4. The molecule has 1 aromatic heterocycles. The highest BCUT2D eigenvalue weighted by atomic mass is 16.4. The fourth-order valence-electron chi connectivity index (χ4n) is 3.99. The normalized spacial score (nSPS) is 20.7. The summed E-state index contributed by atoms with van der Waals surface area (Å²) in [5.41, 5.74) is 8.48. The minimum absolute atomic E-state index is 0.558. The van der Waals surface area contributed by atoms with Gasteiger partial charge in [0.05, 0.1) is 5.69 Å². The van der Waals surface area contributed by atoms with E-state index in [2.05, 4.69) is 33.1 Å². The summed E-state index contributed by atoms with van der Waals surface area (Å²) in [6.45, 7) is 2.11. The van der Waals surface area contributed by atoms with Crippen molar-refractivity contribution in [2.45, 2.75) is 31.3 Å². The van der Waals surface area contributed by atoms with Gasteiger partial charge in [-0.15, -0.1) is 10.2 Å². The number of piperazine rings is 1. The van der Waals surface area contributed by atoms with Crippen molar-refractivity contribution >= 4 is 23.4 Å². The van der Waals surface area contributed by atoms with Crippen LogP contribution in [0.2, 0.25) is 0 Å².